The molecule has 0 aromatic rings. The third-order valence-corrected chi connectivity index (χ3v) is 2.01. The minimum Gasteiger partial charge on any atom is -0.318 e. The van der Waals surface area contributed by atoms with Crippen molar-refractivity contribution in [2.75, 3.05) is 6.54 Å². The molecule has 0 saturated carbocycles. The van der Waals surface area contributed by atoms with Crippen LogP contribution in [0.4, 0.5) is 0 Å². The van der Waals surface area contributed by atoms with Gasteiger partial charge >= 0.3 is 0 Å². The van der Waals surface area contributed by atoms with Gasteiger partial charge in [-0.05, 0) is 12.2 Å². The van der Waals surface area contributed by atoms with Crippen LogP contribution in [0.2, 0.25) is 6.55 Å². The Balaban J connectivity index is 2.83. The van der Waals surface area contributed by atoms with Crippen LogP contribution in [0.1, 0.15) is 13.8 Å². The second-order valence-electron chi connectivity index (χ2n) is 1.57. The van der Waals surface area contributed by atoms with E-state index in [1.807, 2.05) is 0 Å². The summed E-state index contributed by atoms with van der Waals surface area (Å²) < 4.78 is 0. The van der Waals surface area contributed by atoms with Gasteiger partial charge in [-0.1, -0.05) is 20.4 Å². The molecule has 42 valence electrons. The minimum atomic E-state index is 0.727. The number of hydrogen-bond donors (Lipinski definition) is 1. The molecule has 1 atom stereocenters. The lowest BCUT2D eigenvalue weighted by molar-refractivity contribution is 0.705. The molecule has 0 saturated heterocycles. The maximum atomic E-state index is 3.31. The molecule has 0 spiro atoms. The van der Waals surface area contributed by atoms with Crippen molar-refractivity contribution in [3.8, 4) is 0 Å². The molecule has 0 amide bonds. The van der Waals surface area contributed by atoms with Crippen LogP contribution < -0.4 is 5.32 Å². The molecule has 0 aromatic carbocycles. The van der Waals surface area contributed by atoms with Crippen molar-refractivity contribution in [1.29, 1.82) is 0 Å². The van der Waals surface area contributed by atoms with Crippen molar-refractivity contribution >= 4 is 9.52 Å². The molecule has 0 aliphatic rings. The van der Waals surface area contributed by atoms with E-state index in [9.17, 15) is 0 Å². The van der Waals surface area contributed by atoms with Crippen molar-refractivity contribution in [2.24, 2.45) is 0 Å². The quantitative estimate of drug-likeness (QED) is 0.534. The molecule has 2 radical (unpaired) electrons. The Morgan fingerprint density at radius 1 is 1.71 bits per heavy atom. The molecule has 7 heavy (non-hydrogen) atoms. The second-order valence-corrected chi connectivity index (χ2v) is 3.01. The zero-order valence-corrected chi connectivity index (χ0v) is 6.28. The highest BCUT2D eigenvalue weighted by atomic mass is 28.2. The highest BCUT2D eigenvalue weighted by Gasteiger charge is 1.91. The summed E-state index contributed by atoms with van der Waals surface area (Å²) in [6.45, 7) is 7.66. The van der Waals surface area contributed by atoms with E-state index in [0.717, 1.165) is 21.7 Å². The van der Waals surface area contributed by atoms with Gasteiger partial charge in [0.1, 0.15) is 0 Å². The summed E-state index contributed by atoms with van der Waals surface area (Å²) in [6, 6.07) is 0. The Morgan fingerprint density at radius 2 is 2.29 bits per heavy atom. The lowest BCUT2D eigenvalue weighted by Gasteiger charge is -2.05. The maximum Gasteiger partial charge on any atom is 0.0569 e. The van der Waals surface area contributed by atoms with Crippen LogP contribution in [0.5, 0.6) is 0 Å². The lowest BCUT2D eigenvalue weighted by Crippen LogP contribution is -2.29. The van der Waals surface area contributed by atoms with Crippen molar-refractivity contribution in [2.45, 2.75) is 26.1 Å². The first-order valence-electron chi connectivity index (χ1n) is 2.72. The van der Waals surface area contributed by atoms with E-state index < -0.39 is 0 Å². The van der Waals surface area contributed by atoms with E-state index in [4.69, 9.17) is 0 Å². The fourth-order valence-corrected chi connectivity index (χ4v) is 0.816. The number of hydrogen-bond acceptors (Lipinski definition) is 1. The highest BCUT2D eigenvalue weighted by Crippen LogP contribution is 1.73. The Hall–Kier alpha value is 0.177. The zero-order chi connectivity index (χ0) is 5.70. The zero-order valence-electron chi connectivity index (χ0n) is 5.28. The molecular formula is C5H13NSi. The molecule has 1 unspecified atom stereocenters. The van der Waals surface area contributed by atoms with Gasteiger partial charge in [0.05, 0.1) is 9.52 Å². The average Bonchev–Trinajstić information content (AvgIpc) is 1.68. The van der Waals surface area contributed by atoms with E-state index in [2.05, 4.69) is 25.7 Å². The minimum absolute atomic E-state index is 0.727. The predicted molar refractivity (Wildman–Crippen MR) is 34.8 cm³/mol. The van der Waals surface area contributed by atoms with Crippen LogP contribution >= 0.6 is 0 Å². The van der Waals surface area contributed by atoms with E-state index in [-0.39, 0.29) is 0 Å². The standard InChI is InChI=1S/C5H13NSi/c1-4-6-5(2)7-3/h5-6H,4H2,1-3H3. The summed E-state index contributed by atoms with van der Waals surface area (Å²) in [5.41, 5.74) is 0.727. The van der Waals surface area contributed by atoms with Crippen molar-refractivity contribution in [3.63, 3.8) is 0 Å². The highest BCUT2D eigenvalue weighted by molar-refractivity contribution is 6.35. The first-order chi connectivity index (χ1) is 3.31. The molecule has 0 rings (SSSR count). The fourth-order valence-electron chi connectivity index (χ4n) is 0.408. The number of rotatable bonds is 3. The molecule has 0 aliphatic carbocycles. The fraction of sp³-hybridized carbons (Fsp3) is 1.00. The van der Waals surface area contributed by atoms with Gasteiger partial charge in [0.2, 0.25) is 0 Å². The summed E-state index contributed by atoms with van der Waals surface area (Å²) in [6.07, 6.45) is 0. The molecule has 0 bridgehead atoms. The normalized spacial score (nSPS) is 14.1. The second kappa shape index (κ2) is 4.34. The van der Waals surface area contributed by atoms with Gasteiger partial charge in [-0.25, -0.2) is 0 Å². The summed E-state index contributed by atoms with van der Waals surface area (Å²) in [4.78, 5) is 0. The van der Waals surface area contributed by atoms with Crippen molar-refractivity contribution in [1.82, 2.24) is 5.32 Å². The van der Waals surface area contributed by atoms with Gasteiger partial charge < -0.3 is 5.32 Å². The van der Waals surface area contributed by atoms with Crippen LogP contribution in [0.3, 0.4) is 0 Å². The van der Waals surface area contributed by atoms with Crippen LogP contribution in [-0.4, -0.2) is 21.7 Å². The van der Waals surface area contributed by atoms with Gasteiger partial charge in [-0.3, -0.25) is 0 Å². The molecule has 0 heterocycles. The van der Waals surface area contributed by atoms with Gasteiger partial charge in [0, 0.05) is 0 Å². The maximum absolute atomic E-state index is 3.31. The summed E-state index contributed by atoms with van der Waals surface area (Å²) in [5, 5.41) is 3.31. The smallest absolute Gasteiger partial charge is 0.0569 e. The van der Waals surface area contributed by atoms with Crippen LogP contribution in [0, 0.1) is 0 Å². The molecule has 1 nitrogen and oxygen atoms in total. The van der Waals surface area contributed by atoms with Crippen LogP contribution in [0.25, 0.3) is 0 Å². The molecule has 1 N–H and O–H groups in total. The van der Waals surface area contributed by atoms with E-state index >= 15 is 0 Å². The third-order valence-electron chi connectivity index (χ3n) is 0.943. The monoisotopic (exact) mass is 115 g/mol. The predicted octanol–water partition coefficient (Wildman–Crippen LogP) is 0.694. The first-order valence-corrected chi connectivity index (χ1v) is 4.29. The van der Waals surface area contributed by atoms with Gasteiger partial charge in [-0.15, -0.1) is 0 Å². The Labute approximate surface area is 48.3 Å². The Kier molecular flexibility index (Phi) is 4.45. The molecule has 0 aliphatic heterocycles. The molecule has 0 fully saturated rings. The largest absolute Gasteiger partial charge is 0.318 e. The Morgan fingerprint density at radius 3 is 2.43 bits per heavy atom. The van der Waals surface area contributed by atoms with Crippen molar-refractivity contribution < 1.29 is 0 Å². The van der Waals surface area contributed by atoms with E-state index in [0.29, 0.717) is 0 Å². The molecule has 0 aromatic heterocycles. The SMILES string of the molecule is CCNC(C)[Si]C. The van der Waals surface area contributed by atoms with Gasteiger partial charge in [0.15, 0.2) is 0 Å². The van der Waals surface area contributed by atoms with Crippen molar-refractivity contribution in [3.05, 3.63) is 0 Å². The lowest BCUT2D eigenvalue weighted by atomic mass is 10.7. The molecule has 2 heteroatoms. The van der Waals surface area contributed by atoms with E-state index in [1.165, 1.54) is 0 Å². The summed E-state index contributed by atoms with van der Waals surface area (Å²) >= 11 is 0. The molecular weight excluding hydrogens is 102 g/mol. The van der Waals surface area contributed by atoms with Crippen LogP contribution in [-0.2, 0) is 0 Å². The van der Waals surface area contributed by atoms with E-state index in [1.54, 1.807) is 0 Å². The number of nitrogens with one attached hydrogen (secondary N) is 1. The average molecular weight is 115 g/mol. The summed E-state index contributed by atoms with van der Waals surface area (Å²) in [7, 11) is 1.03. The van der Waals surface area contributed by atoms with Crippen LogP contribution in [0.15, 0.2) is 0 Å². The summed E-state index contributed by atoms with van der Waals surface area (Å²) in [5.74, 6) is 0. The van der Waals surface area contributed by atoms with Gasteiger partial charge in [0.25, 0.3) is 0 Å². The third kappa shape index (κ3) is 4.02. The first kappa shape index (κ1) is 7.18. The Bertz CT molecular complexity index is 39.1. The van der Waals surface area contributed by atoms with Gasteiger partial charge in [-0.2, -0.15) is 0 Å². The topological polar surface area (TPSA) is 12.0 Å².